The van der Waals surface area contributed by atoms with Crippen molar-refractivity contribution >= 4 is 34.8 Å². The van der Waals surface area contributed by atoms with Crippen molar-refractivity contribution < 1.29 is 24.2 Å². The van der Waals surface area contributed by atoms with Gasteiger partial charge in [0.15, 0.2) is 0 Å². The molecule has 0 aliphatic carbocycles. The second-order valence-corrected chi connectivity index (χ2v) is 13.8. The highest BCUT2D eigenvalue weighted by molar-refractivity contribution is 6.31. The number of phenols is 1. The lowest BCUT2D eigenvalue weighted by molar-refractivity contribution is 0.00743. The van der Waals surface area contributed by atoms with Gasteiger partial charge in [-0.2, -0.15) is 0 Å². The van der Waals surface area contributed by atoms with Crippen LogP contribution >= 0.6 is 11.6 Å². The summed E-state index contributed by atoms with van der Waals surface area (Å²) < 4.78 is 13.7. The van der Waals surface area contributed by atoms with Gasteiger partial charge in [-0.15, -0.1) is 0 Å². The number of para-hydroxylation sites is 1. The molecule has 0 bridgehead atoms. The topological polar surface area (TPSA) is 87.5 Å². The average molecular weight is 719 g/mol. The van der Waals surface area contributed by atoms with Crippen LogP contribution in [-0.4, -0.2) is 83.4 Å². The molecule has 268 valence electrons. The third-order valence-corrected chi connectivity index (χ3v) is 10.4. The molecule has 1 fully saturated rings. The minimum Gasteiger partial charge on any atom is -0.508 e. The van der Waals surface area contributed by atoms with E-state index >= 15 is 0 Å². The van der Waals surface area contributed by atoms with E-state index in [1.54, 1.807) is 47.4 Å². The fourth-order valence-electron chi connectivity index (χ4n) is 7.14. The van der Waals surface area contributed by atoms with E-state index in [1.165, 1.54) is 5.56 Å². The lowest BCUT2D eigenvalue weighted by atomic mass is 9.93. The number of hydrogen-bond acceptors (Lipinski definition) is 6. The van der Waals surface area contributed by atoms with Crippen LogP contribution in [-0.2, 0) is 29.5 Å². The highest BCUT2D eigenvalue weighted by atomic mass is 35.5. The van der Waals surface area contributed by atoms with E-state index in [2.05, 4.69) is 17.0 Å². The van der Waals surface area contributed by atoms with Crippen LogP contribution in [0.25, 0.3) is 11.3 Å². The van der Waals surface area contributed by atoms with Gasteiger partial charge in [0, 0.05) is 72.1 Å². The maximum absolute atomic E-state index is 14.7. The number of morpholine rings is 1. The third kappa shape index (κ3) is 7.49. The summed E-state index contributed by atoms with van der Waals surface area (Å²) >= 11 is 6.62. The van der Waals surface area contributed by atoms with E-state index in [0.29, 0.717) is 65.0 Å². The maximum atomic E-state index is 14.7. The highest BCUT2D eigenvalue weighted by Crippen LogP contribution is 2.36. The Morgan fingerprint density at radius 3 is 2.33 bits per heavy atom. The number of anilines is 2. The zero-order valence-electron chi connectivity index (χ0n) is 29.5. The zero-order valence-corrected chi connectivity index (χ0v) is 30.3. The Morgan fingerprint density at radius 2 is 1.58 bits per heavy atom. The van der Waals surface area contributed by atoms with E-state index in [1.807, 2.05) is 72.0 Å². The van der Waals surface area contributed by atoms with Crippen LogP contribution in [0.5, 0.6) is 5.75 Å². The van der Waals surface area contributed by atoms with Gasteiger partial charge in [0.25, 0.3) is 11.8 Å². The Labute approximate surface area is 309 Å². The van der Waals surface area contributed by atoms with Gasteiger partial charge in [-0.3, -0.25) is 19.4 Å². The molecule has 2 aliphatic heterocycles. The molecular formula is C42H43ClN4O5. The average Bonchev–Trinajstić information content (AvgIpc) is 3.47. The molecule has 5 aromatic rings. The van der Waals surface area contributed by atoms with Crippen molar-refractivity contribution in [3.8, 4) is 17.0 Å². The van der Waals surface area contributed by atoms with Crippen molar-refractivity contribution in [2.45, 2.75) is 25.9 Å². The summed E-state index contributed by atoms with van der Waals surface area (Å²) in [5.74, 6) is -0.253. The lowest BCUT2D eigenvalue weighted by Crippen LogP contribution is -2.47. The molecule has 1 atom stereocenters. The first-order valence-electron chi connectivity index (χ1n) is 17.7. The molecule has 10 heteroatoms. The molecule has 1 saturated heterocycles. The van der Waals surface area contributed by atoms with Gasteiger partial charge >= 0.3 is 0 Å². The second-order valence-electron chi connectivity index (χ2n) is 13.4. The van der Waals surface area contributed by atoms with Gasteiger partial charge in [-0.1, -0.05) is 54.1 Å². The van der Waals surface area contributed by atoms with Gasteiger partial charge in [0.2, 0.25) is 0 Å². The van der Waals surface area contributed by atoms with E-state index in [4.69, 9.17) is 21.1 Å². The number of amides is 2. The number of benzene rings is 4. The van der Waals surface area contributed by atoms with Crippen molar-refractivity contribution in [1.29, 1.82) is 0 Å². The SMILES string of the molecule is Cc1c(C(=O)N(c2ccccc2)c2ccc(O)cc2)cc(-c2cc(Cl)ccc2C(=O)N2Cc3ccccc3C[C@H]2COCCN2CCOCC2)n1C. The number of hydrogen-bond donors (Lipinski definition) is 1. The van der Waals surface area contributed by atoms with Crippen LogP contribution in [0.3, 0.4) is 0 Å². The van der Waals surface area contributed by atoms with Crippen LogP contribution < -0.4 is 4.90 Å². The maximum Gasteiger partial charge on any atom is 0.264 e. The van der Waals surface area contributed by atoms with Gasteiger partial charge in [0.1, 0.15) is 5.75 Å². The minimum atomic E-state index is -0.243. The monoisotopic (exact) mass is 718 g/mol. The van der Waals surface area contributed by atoms with Crippen LogP contribution in [0, 0.1) is 6.92 Å². The van der Waals surface area contributed by atoms with Crippen LogP contribution in [0.1, 0.15) is 37.5 Å². The second kappa shape index (κ2) is 15.8. The molecule has 2 amide bonds. The molecular weight excluding hydrogens is 676 g/mol. The van der Waals surface area contributed by atoms with Crippen LogP contribution in [0.4, 0.5) is 11.4 Å². The van der Waals surface area contributed by atoms with E-state index in [9.17, 15) is 14.7 Å². The Balaban J connectivity index is 1.20. The number of fused-ring (bicyclic) bond motifs is 1. The van der Waals surface area contributed by atoms with Gasteiger partial charge in [-0.25, -0.2) is 0 Å². The molecule has 0 spiro atoms. The zero-order chi connectivity index (χ0) is 36.2. The first-order valence-corrected chi connectivity index (χ1v) is 18.1. The standard InChI is InChI=1S/C42H43ClN4O5/c1-29-38(42(50)47(33-10-4-3-5-11-33)34-13-15-36(48)16-14-34)26-40(44(29)2)39-25-32(43)12-17-37(39)41(49)46-27-31-9-7-6-8-30(31)24-35(46)28-52-23-20-45-18-21-51-22-19-45/h3-17,25-26,35,48H,18-24,27-28H2,1-2H3/t35-/m0/s1. The molecule has 1 aromatic heterocycles. The summed E-state index contributed by atoms with van der Waals surface area (Å²) in [6.45, 7) is 7.46. The predicted octanol–water partition coefficient (Wildman–Crippen LogP) is 7.25. The number of carbonyl (C=O) groups is 2. The first kappa shape index (κ1) is 35.5. The number of aromatic nitrogens is 1. The summed E-state index contributed by atoms with van der Waals surface area (Å²) in [5.41, 5.74) is 6.69. The van der Waals surface area contributed by atoms with Gasteiger partial charge in [0.05, 0.1) is 38.0 Å². The number of rotatable bonds is 10. The van der Waals surface area contributed by atoms with Crippen LogP contribution in [0.2, 0.25) is 5.02 Å². The quantitative estimate of drug-likeness (QED) is 0.153. The third-order valence-electron chi connectivity index (χ3n) is 10.2. The minimum absolute atomic E-state index is 0.111. The number of halogens is 1. The molecule has 4 aromatic carbocycles. The summed E-state index contributed by atoms with van der Waals surface area (Å²) in [4.78, 5) is 35.1. The van der Waals surface area contributed by atoms with Crippen molar-refractivity contribution in [1.82, 2.24) is 14.4 Å². The Bertz CT molecular complexity index is 2040. The fourth-order valence-corrected chi connectivity index (χ4v) is 7.31. The molecule has 9 nitrogen and oxygen atoms in total. The molecule has 52 heavy (non-hydrogen) atoms. The summed E-state index contributed by atoms with van der Waals surface area (Å²) in [7, 11) is 1.90. The number of ether oxygens (including phenoxy) is 2. The smallest absolute Gasteiger partial charge is 0.264 e. The van der Waals surface area contributed by atoms with E-state index < -0.39 is 0 Å². The lowest BCUT2D eigenvalue weighted by Gasteiger charge is -2.37. The van der Waals surface area contributed by atoms with Crippen LogP contribution in [0.15, 0.2) is 103 Å². The van der Waals surface area contributed by atoms with Crippen molar-refractivity contribution in [2.75, 3.05) is 51.0 Å². The number of aromatic hydroxyl groups is 1. The van der Waals surface area contributed by atoms with Crippen molar-refractivity contribution in [2.24, 2.45) is 7.05 Å². The molecule has 0 unspecified atom stereocenters. The first-order chi connectivity index (χ1) is 25.3. The Hall–Kier alpha value is -4.93. The fraction of sp³-hybridized carbons (Fsp3) is 0.286. The molecule has 7 rings (SSSR count). The number of phenolic OH excluding ortho intramolecular Hbond substituents is 1. The molecule has 3 heterocycles. The molecule has 1 N–H and O–H groups in total. The van der Waals surface area contributed by atoms with Crippen molar-refractivity contribution in [3.05, 3.63) is 136 Å². The van der Waals surface area contributed by atoms with Crippen molar-refractivity contribution in [3.63, 3.8) is 0 Å². The number of carbonyl (C=O) groups excluding carboxylic acids is 2. The molecule has 2 aliphatic rings. The Kier molecular flexibility index (Phi) is 10.7. The largest absolute Gasteiger partial charge is 0.508 e. The number of nitrogens with zero attached hydrogens (tertiary/aromatic N) is 4. The highest BCUT2D eigenvalue weighted by Gasteiger charge is 2.33. The summed E-state index contributed by atoms with van der Waals surface area (Å²) in [5, 5.41) is 10.5. The normalized spacial score (nSPS) is 16.1. The predicted molar refractivity (Wildman–Crippen MR) is 203 cm³/mol. The van der Waals surface area contributed by atoms with E-state index in [-0.39, 0.29) is 23.6 Å². The molecule has 0 radical (unpaired) electrons. The van der Waals surface area contributed by atoms with E-state index in [0.717, 1.165) is 44.1 Å². The van der Waals surface area contributed by atoms with Gasteiger partial charge < -0.3 is 24.0 Å². The van der Waals surface area contributed by atoms with Gasteiger partial charge in [-0.05, 0) is 85.1 Å². The Morgan fingerprint density at radius 1 is 0.885 bits per heavy atom. The molecule has 0 saturated carbocycles. The summed E-state index contributed by atoms with van der Waals surface area (Å²) in [6, 6.07) is 31.2. The summed E-state index contributed by atoms with van der Waals surface area (Å²) in [6.07, 6.45) is 0.691.